The van der Waals surface area contributed by atoms with E-state index in [9.17, 15) is 9.90 Å². The second-order valence-corrected chi connectivity index (χ2v) is 6.05. The van der Waals surface area contributed by atoms with Crippen LogP contribution >= 0.6 is 0 Å². The van der Waals surface area contributed by atoms with Crippen molar-refractivity contribution >= 4 is 6.03 Å². The Morgan fingerprint density at radius 3 is 2.75 bits per heavy atom. The molecule has 2 aromatic rings. The zero-order chi connectivity index (χ0) is 17.5. The molecule has 0 fully saturated rings. The molecule has 1 unspecified atom stereocenters. The molecule has 1 aromatic carbocycles. The molecular formula is C18H25N3O3. The first-order valence-corrected chi connectivity index (χ1v) is 8.14. The van der Waals surface area contributed by atoms with Crippen LogP contribution in [-0.4, -0.2) is 47.3 Å². The fourth-order valence-corrected chi connectivity index (χ4v) is 2.17. The highest BCUT2D eigenvalue weighted by Crippen LogP contribution is 2.19. The SMILES string of the molecule is Cc1ccc(-c2nc(CCNC(=O)N(C)CCC(C)O)co2)cc1. The maximum Gasteiger partial charge on any atom is 0.317 e. The summed E-state index contributed by atoms with van der Waals surface area (Å²) in [5, 5.41) is 12.1. The fourth-order valence-electron chi connectivity index (χ4n) is 2.17. The van der Waals surface area contributed by atoms with Crippen molar-refractivity contribution in [2.24, 2.45) is 0 Å². The molecule has 1 atom stereocenters. The molecule has 1 heterocycles. The van der Waals surface area contributed by atoms with Crippen LogP contribution in [0.2, 0.25) is 0 Å². The third-order valence-electron chi connectivity index (χ3n) is 3.74. The number of aliphatic hydroxyl groups is 1. The van der Waals surface area contributed by atoms with Gasteiger partial charge in [-0.2, -0.15) is 0 Å². The number of urea groups is 1. The predicted molar refractivity (Wildman–Crippen MR) is 92.7 cm³/mol. The summed E-state index contributed by atoms with van der Waals surface area (Å²) in [4.78, 5) is 17.9. The maximum absolute atomic E-state index is 11.9. The van der Waals surface area contributed by atoms with Crippen molar-refractivity contribution in [3.8, 4) is 11.5 Å². The van der Waals surface area contributed by atoms with Gasteiger partial charge in [0.25, 0.3) is 0 Å². The number of carbonyl (C=O) groups is 1. The lowest BCUT2D eigenvalue weighted by molar-refractivity contribution is 0.163. The van der Waals surface area contributed by atoms with E-state index in [0.717, 1.165) is 11.3 Å². The number of aliphatic hydroxyl groups excluding tert-OH is 1. The van der Waals surface area contributed by atoms with Crippen molar-refractivity contribution in [1.29, 1.82) is 0 Å². The molecule has 0 aliphatic heterocycles. The summed E-state index contributed by atoms with van der Waals surface area (Å²) in [7, 11) is 1.71. The summed E-state index contributed by atoms with van der Waals surface area (Å²) < 4.78 is 5.50. The molecule has 24 heavy (non-hydrogen) atoms. The van der Waals surface area contributed by atoms with Gasteiger partial charge in [-0.15, -0.1) is 0 Å². The van der Waals surface area contributed by atoms with E-state index >= 15 is 0 Å². The van der Waals surface area contributed by atoms with Crippen LogP contribution in [0.4, 0.5) is 4.79 Å². The first-order valence-electron chi connectivity index (χ1n) is 8.14. The highest BCUT2D eigenvalue weighted by molar-refractivity contribution is 5.73. The molecule has 2 N–H and O–H groups in total. The highest BCUT2D eigenvalue weighted by atomic mass is 16.3. The van der Waals surface area contributed by atoms with E-state index in [2.05, 4.69) is 10.3 Å². The lowest BCUT2D eigenvalue weighted by Crippen LogP contribution is -2.39. The molecule has 0 saturated carbocycles. The number of hydrogen-bond donors (Lipinski definition) is 2. The summed E-state index contributed by atoms with van der Waals surface area (Å²) in [5.41, 5.74) is 2.93. The van der Waals surface area contributed by atoms with Gasteiger partial charge in [-0.1, -0.05) is 17.7 Å². The number of carbonyl (C=O) groups excluding carboxylic acids is 1. The zero-order valence-corrected chi connectivity index (χ0v) is 14.5. The van der Waals surface area contributed by atoms with E-state index in [-0.39, 0.29) is 6.03 Å². The topological polar surface area (TPSA) is 78.6 Å². The van der Waals surface area contributed by atoms with Gasteiger partial charge in [0.05, 0.1) is 11.8 Å². The van der Waals surface area contributed by atoms with E-state index < -0.39 is 6.10 Å². The average Bonchev–Trinajstić information content (AvgIpc) is 3.02. The Labute approximate surface area is 142 Å². The first kappa shape index (κ1) is 18.0. The number of nitrogens with one attached hydrogen (secondary N) is 1. The molecule has 0 aliphatic rings. The van der Waals surface area contributed by atoms with Gasteiger partial charge in [-0.3, -0.25) is 0 Å². The molecule has 0 aliphatic carbocycles. The van der Waals surface area contributed by atoms with Gasteiger partial charge in [-0.05, 0) is 32.4 Å². The van der Waals surface area contributed by atoms with Crippen LogP contribution < -0.4 is 5.32 Å². The van der Waals surface area contributed by atoms with Crippen molar-refractivity contribution in [2.45, 2.75) is 32.8 Å². The molecule has 6 heteroatoms. The number of hydrogen-bond acceptors (Lipinski definition) is 4. The van der Waals surface area contributed by atoms with E-state index in [1.807, 2.05) is 31.2 Å². The Hall–Kier alpha value is -2.34. The molecule has 6 nitrogen and oxygen atoms in total. The van der Waals surface area contributed by atoms with Gasteiger partial charge in [0.15, 0.2) is 0 Å². The molecule has 130 valence electrons. The predicted octanol–water partition coefficient (Wildman–Crippen LogP) is 2.60. The van der Waals surface area contributed by atoms with Gasteiger partial charge in [0.2, 0.25) is 5.89 Å². The number of aryl methyl sites for hydroxylation is 1. The third-order valence-corrected chi connectivity index (χ3v) is 3.74. The van der Waals surface area contributed by atoms with Gasteiger partial charge in [0, 0.05) is 32.1 Å². The lowest BCUT2D eigenvalue weighted by Gasteiger charge is -2.18. The molecule has 0 bridgehead atoms. The number of benzene rings is 1. The van der Waals surface area contributed by atoms with Crippen molar-refractivity contribution in [3.05, 3.63) is 41.8 Å². The Morgan fingerprint density at radius 1 is 1.38 bits per heavy atom. The summed E-state index contributed by atoms with van der Waals surface area (Å²) in [6.07, 6.45) is 2.38. The van der Waals surface area contributed by atoms with Crippen molar-refractivity contribution in [3.63, 3.8) is 0 Å². The number of aromatic nitrogens is 1. The van der Waals surface area contributed by atoms with Crippen LogP contribution in [0, 0.1) is 6.92 Å². The summed E-state index contributed by atoms with van der Waals surface area (Å²) in [6.45, 7) is 4.75. The van der Waals surface area contributed by atoms with Crippen LogP contribution in [0.1, 0.15) is 24.6 Å². The molecule has 1 aromatic heterocycles. The van der Waals surface area contributed by atoms with Crippen molar-refractivity contribution in [1.82, 2.24) is 15.2 Å². The van der Waals surface area contributed by atoms with Crippen LogP contribution in [0.25, 0.3) is 11.5 Å². The fraction of sp³-hybridized carbons (Fsp3) is 0.444. The molecule has 0 spiro atoms. The molecule has 2 rings (SSSR count). The number of nitrogens with zero attached hydrogens (tertiary/aromatic N) is 2. The Morgan fingerprint density at radius 2 is 2.08 bits per heavy atom. The van der Waals surface area contributed by atoms with Gasteiger partial charge in [-0.25, -0.2) is 9.78 Å². The quantitative estimate of drug-likeness (QED) is 0.817. The van der Waals surface area contributed by atoms with Crippen LogP contribution in [0.3, 0.4) is 0 Å². The molecule has 2 amide bonds. The minimum absolute atomic E-state index is 0.155. The zero-order valence-electron chi connectivity index (χ0n) is 14.5. The number of rotatable bonds is 7. The standard InChI is InChI=1S/C18H25N3O3/c1-13-4-6-15(7-5-13)17-20-16(12-24-17)8-10-19-18(23)21(3)11-9-14(2)22/h4-7,12,14,22H,8-11H2,1-3H3,(H,19,23). The van der Waals surface area contributed by atoms with Crippen LogP contribution in [0.15, 0.2) is 34.9 Å². The number of amides is 2. The van der Waals surface area contributed by atoms with Gasteiger partial charge < -0.3 is 19.7 Å². The lowest BCUT2D eigenvalue weighted by atomic mass is 10.1. The average molecular weight is 331 g/mol. The Balaban J connectivity index is 1.79. The summed E-state index contributed by atoms with van der Waals surface area (Å²) in [6, 6.07) is 7.83. The monoisotopic (exact) mass is 331 g/mol. The summed E-state index contributed by atoms with van der Waals surface area (Å²) in [5.74, 6) is 0.588. The molecule has 0 saturated heterocycles. The highest BCUT2D eigenvalue weighted by Gasteiger charge is 2.10. The van der Waals surface area contributed by atoms with Gasteiger partial charge in [0.1, 0.15) is 6.26 Å². The van der Waals surface area contributed by atoms with E-state index in [4.69, 9.17) is 4.42 Å². The minimum atomic E-state index is -0.407. The van der Waals surface area contributed by atoms with Crippen LogP contribution in [-0.2, 0) is 6.42 Å². The normalized spacial score (nSPS) is 12.0. The first-order chi connectivity index (χ1) is 11.5. The Bertz CT molecular complexity index is 650. The Kier molecular flexibility index (Phi) is 6.37. The smallest absolute Gasteiger partial charge is 0.317 e. The third kappa shape index (κ3) is 5.38. The van der Waals surface area contributed by atoms with Crippen LogP contribution in [0.5, 0.6) is 0 Å². The minimum Gasteiger partial charge on any atom is -0.444 e. The van der Waals surface area contributed by atoms with Crippen molar-refractivity contribution in [2.75, 3.05) is 20.1 Å². The van der Waals surface area contributed by atoms with E-state index in [1.165, 1.54) is 5.56 Å². The molecular weight excluding hydrogens is 306 g/mol. The van der Waals surface area contributed by atoms with Gasteiger partial charge >= 0.3 is 6.03 Å². The summed E-state index contributed by atoms with van der Waals surface area (Å²) >= 11 is 0. The molecule has 0 radical (unpaired) electrons. The largest absolute Gasteiger partial charge is 0.444 e. The second-order valence-electron chi connectivity index (χ2n) is 6.05. The van der Waals surface area contributed by atoms with E-state index in [0.29, 0.717) is 31.8 Å². The van der Waals surface area contributed by atoms with E-state index in [1.54, 1.807) is 25.1 Å². The second kappa shape index (κ2) is 8.49. The number of oxazole rings is 1. The maximum atomic E-state index is 11.9. The van der Waals surface area contributed by atoms with Crippen molar-refractivity contribution < 1.29 is 14.3 Å².